The SMILES string of the molecule is CC(=O)C(=O)O.CCCOc1ccc(CC(=O)N(CCc2cccc(F)c2)C(C)CCN(C)CCCN2C(=O)OC[C@@H]2C(C)C)cc1. The van der Waals surface area contributed by atoms with Crippen LogP contribution in [0.25, 0.3) is 0 Å². The van der Waals surface area contributed by atoms with Crippen LogP contribution in [0.15, 0.2) is 48.5 Å². The maximum atomic E-state index is 13.8. The number of ketones is 1. The van der Waals surface area contributed by atoms with Crippen molar-refractivity contribution in [2.75, 3.05) is 46.4 Å². The zero-order chi connectivity index (χ0) is 34.9. The fourth-order valence-corrected chi connectivity index (χ4v) is 5.19. The molecule has 1 heterocycles. The molecule has 1 aliphatic rings. The molecule has 0 saturated carbocycles. The third kappa shape index (κ3) is 14.1. The van der Waals surface area contributed by atoms with Crippen LogP contribution < -0.4 is 4.74 Å². The zero-order valence-corrected chi connectivity index (χ0v) is 28.7. The van der Waals surface area contributed by atoms with Crippen molar-refractivity contribution in [3.8, 4) is 5.75 Å². The molecule has 0 spiro atoms. The standard InChI is InChI=1S/C33H48FN3O4.C3H4O3/c1-6-21-40-30-13-11-28(12-14-30)23-32(38)36(20-16-27-9-7-10-29(34)22-27)26(4)15-19-35(5)17-8-18-37-31(25(2)3)24-41-33(37)39;1-2(4)3(5)6/h7,9-14,22,25-26,31H,6,8,15-21,23-24H2,1-5H3;1H3,(H,5,6)/t26?,31-;/m1./s1. The van der Waals surface area contributed by atoms with Crippen molar-refractivity contribution in [2.24, 2.45) is 5.92 Å². The molecular formula is C36H52FN3O7. The summed E-state index contributed by atoms with van der Waals surface area (Å²) in [6.45, 7) is 13.4. The van der Waals surface area contributed by atoms with E-state index in [0.717, 1.165) is 56.2 Å². The number of carbonyl (C=O) groups is 4. The van der Waals surface area contributed by atoms with Crippen LogP contribution in [0.3, 0.4) is 0 Å². The summed E-state index contributed by atoms with van der Waals surface area (Å²) in [5.41, 5.74) is 1.82. The van der Waals surface area contributed by atoms with E-state index in [9.17, 15) is 23.6 Å². The van der Waals surface area contributed by atoms with Gasteiger partial charge in [0.15, 0.2) is 0 Å². The van der Waals surface area contributed by atoms with Crippen LogP contribution in [-0.2, 0) is 32.0 Å². The molecule has 10 nitrogen and oxygen atoms in total. The minimum absolute atomic E-state index is 0.0181. The van der Waals surface area contributed by atoms with E-state index in [-0.39, 0.29) is 29.9 Å². The summed E-state index contributed by atoms with van der Waals surface area (Å²) in [4.78, 5) is 50.6. The smallest absolute Gasteiger partial charge is 0.410 e. The maximum absolute atomic E-state index is 13.8. The lowest BCUT2D eigenvalue weighted by Crippen LogP contribution is -2.42. The number of halogens is 1. The number of carboxylic acids is 1. The van der Waals surface area contributed by atoms with E-state index in [1.807, 2.05) is 40.1 Å². The summed E-state index contributed by atoms with van der Waals surface area (Å²) in [5.74, 6) is -1.23. The van der Waals surface area contributed by atoms with Crippen LogP contribution in [0, 0.1) is 11.7 Å². The zero-order valence-electron chi connectivity index (χ0n) is 28.7. The molecule has 0 bridgehead atoms. The van der Waals surface area contributed by atoms with Crippen LogP contribution in [-0.4, -0.2) is 102 Å². The van der Waals surface area contributed by atoms with E-state index in [2.05, 4.69) is 39.6 Å². The minimum atomic E-state index is -1.38. The number of hydrogen-bond donors (Lipinski definition) is 1. The van der Waals surface area contributed by atoms with Gasteiger partial charge in [0, 0.05) is 26.1 Å². The van der Waals surface area contributed by atoms with Gasteiger partial charge < -0.3 is 29.3 Å². The van der Waals surface area contributed by atoms with Gasteiger partial charge in [0.2, 0.25) is 11.7 Å². The Morgan fingerprint density at radius 1 is 1.06 bits per heavy atom. The van der Waals surface area contributed by atoms with E-state index >= 15 is 0 Å². The van der Waals surface area contributed by atoms with Gasteiger partial charge in [0.1, 0.15) is 18.2 Å². The second kappa shape index (κ2) is 20.3. The van der Waals surface area contributed by atoms with Gasteiger partial charge in [-0.1, -0.05) is 45.0 Å². The van der Waals surface area contributed by atoms with Gasteiger partial charge >= 0.3 is 12.1 Å². The third-order valence-corrected chi connectivity index (χ3v) is 8.08. The number of Topliss-reactive ketones (excluding diaryl/α,β-unsaturated/α-hetero) is 1. The van der Waals surface area contributed by atoms with Crippen LogP contribution >= 0.6 is 0 Å². The molecule has 47 heavy (non-hydrogen) atoms. The summed E-state index contributed by atoms with van der Waals surface area (Å²) in [6, 6.07) is 14.5. The first kappa shape index (κ1) is 39.2. The van der Waals surface area contributed by atoms with Crippen molar-refractivity contribution in [2.45, 2.75) is 78.8 Å². The molecule has 0 aliphatic carbocycles. The average molecular weight is 658 g/mol. The molecule has 1 saturated heterocycles. The number of cyclic esters (lactones) is 1. The van der Waals surface area contributed by atoms with E-state index in [0.29, 0.717) is 45.1 Å². The fraction of sp³-hybridized carbons (Fsp3) is 0.556. The minimum Gasteiger partial charge on any atom is -0.494 e. The Labute approximate surface area is 278 Å². The summed E-state index contributed by atoms with van der Waals surface area (Å²) < 4.78 is 24.7. The molecule has 2 amide bonds. The quantitative estimate of drug-likeness (QED) is 0.210. The molecule has 2 aromatic carbocycles. The van der Waals surface area contributed by atoms with E-state index in [4.69, 9.17) is 14.6 Å². The second-order valence-corrected chi connectivity index (χ2v) is 12.4. The molecule has 1 N–H and O–H groups in total. The number of amides is 2. The monoisotopic (exact) mass is 657 g/mol. The Hall–Kier alpha value is -3.99. The summed E-state index contributed by atoms with van der Waals surface area (Å²) in [7, 11) is 2.08. The van der Waals surface area contributed by atoms with Crippen molar-refractivity contribution in [1.82, 2.24) is 14.7 Å². The molecule has 2 atom stereocenters. The number of nitrogens with zero attached hydrogens (tertiary/aromatic N) is 3. The Balaban J connectivity index is 0.00000117. The van der Waals surface area contributed by atoms with Crippen molar-refractivity contribution in [1.29, 1.82) is 0 Å². The van der Waals surface area contributed by atoms with Crippen LogP contribution in [0.5, 0.6) is 5.75 Å². The summed E-state index contributed by atoms with van der Waals surface area (Å²) >= 11 is 0. The molecule has 1 aliphatic heterocycles. The highest BCUT2D eigenvalue weighted by molar-refractivity contribution is 6.31. The van der Waals surface area contributed by atoms with E-state index in [1.54, 1.807) is 6.07 Å². The van der Waals surface area contributed by atoms with Gasteiger partial charge in [-0.3, -0.25) is 9.59 Å². The lowest BCUT2D eigenvalue weighted by atomic mass is 10.0. The molecule has 260 valence electrons. The highest BCUT2D eigenvalue weighted by Crippen LogP contribution is 2.20. The van der Waals surface area contributed by atoms with Crippen molar-refractivity contribution in [3.63, 3.8) is 0 Å². The van der Waals surface area contributed by atoms with Crippen molar-refractivity contribution >= 4 is 23.8 Å². The molecule has 0 radical (unpaired) electrons. The van der Waals surface area contributed by atoms with Crippen LogP contribution in [0.4, 0.5) is 9.18 Å². The Morgan fingerprint density at radius 2 is 1.74 bits per heavy atom. The number of rotatable bonds is 18. The number of benzene rings is 2. The summed E-state index contributed by atoms with van der Waals surface area (Å²) in [6.07, 6.45) is 3.31. The number of carboxylic acid groups (broad SMARTS) is 1. The normalized spacial score (nSPS) is 14.8. The highest BCUT2D eigenvalue weighted by atomic mass is 19.1. The number of hydrogen-bond acceptors (Lipinski definition) is 7. The van der Waals surface area contributed by atoms with Gasteiger partial charge in [0.25, 0.3) is 0 Å². The van der Waals surface area contributed by atoms with Gasteiger partial charge in [-0.15, -0.1) is 0 Å². The Kier molecular flexibility index (Phi) is 16.9. The van der Waals surface area contributed by atoms with E-state index in [1.165, 1.54) is 12.1 Å². The average Bonchev–Trinajstić information content (AvgIpc) is 3.40. The van der Waals surface area contributed by atoms with Gasteiger partial charge in [-0.05, 0) is 94.1 Å². The second-order valence-electron chi connectivity index (χ2n) is 12.4. The first-order valence-corrected chi connectivity index (χ1v) is 16.4. The fourth-order valence-electron chi connectivity index (χ4n) is 5.19. The first-order valence-electron chi connectivity index (χ1n) is 16.4. The Morgan fingerprint density at radius 3 is 2.34 bits per heavy atom. The van der Waals surface area contributed by atoms with Gasteiger partial charge in [-0.25, -0.2) is 14.0 Å². The maximum Gasteiger partial charge on any atom is 0.410 e. The van der Waals surface area contributed by atoms with Gasteiger partial charge in [0.05, 0.1) is 19.1 Å². The summed E-state index contributed by atoms with van der Waals surface area (Å²) in [5, 5.41) is 7.64. The molecular weight excluding hydrogens is 605 g/mol. The third-order valence-electron chi connectivity index (χ3n) is 8.08. The Bertz CT molecular complexity index is 1280. The molecule has 0 aromatic heterocycles. The van der Waals surface area contributed by atoms with Crippen LogP contribution in [0.2, 0.25) is 0 Å². The molecule has 3 rings (SSSR count). The molecule has 11 heteroatoms. The number of ether oxygens (including phenoxy) is 2. The molecule has 1 unspecified atom stereocenters. The number of aliphatic carboxylic acids is 1. The van der Waals surface area contributed by atoms with Crippen LogP contribution in [0.1, 0.15) is 65.0 Å². The lowest BCUT2D eigenvalue weighted by molar-refractivity contribution is -0.148. The molecule has 2 aromatic rings. The topological polar surface area (TPSA) is 117 Å². The number of carbonyl (C=O) groups excluding carboxylic acids is 3. The largest absolute Gasteiger partial charge is 0.494 e. The van der Waals surface area contributed by atoms with Crippen molar-refractivity contribution in [3.05, 3.63) is 65.5 Å². The predicted octanol–water partition coefficient (Wildman–Crippen LogP) is 5.47. The lowest BCUT2D eigenvalue weighted by Gasteiger charge is -2.31. The van der Waals surface area contributed by atoms with E-state index < -0.39 is 11.8 Å². The first-order chi connectivity index (χ1) is 22.3. The molecule has 1 fully saturated rings. The predicted molar refractivity (Wildman–Crippen MR) is 179 cm³/mol. The van der Waals surface area contributed by atoms with Gasteiger partial charge in [-0.2, -0.15) is 0 Å². The van der Waals surface area contributed by atoms with Crippen molar-refractivity contribution < 1.29 is 38.1 Å². The highest BCUT2D eigenvalue weighted by Gasteiger charge is 2.34.